The fourth-order valence-electron chi connectivity index (χ4n) is 3.11. The smallest absolute Gasteiger partial charge is 0.223 e. The van der Waals surface area contributed by atoms with Crippen LogP contribution in [0.15, 0.2) is 34.9 Å². The normalized spacial score (nSPS) is 21.0. The van der Waals surface area contributed by atoms with E-state index in [1.807, 2.05) is 11.8 Å². The number of hydrogen-bond acceptors (Lipinski definition) is 4. The molecular formula is C18H22FN3O2. The van der Waals surface area contributed by atoms with Crippen LogP contribution in [0.4, 0.5) is 4.39 Å². The Balaban J connectivity index is 1.57. The summed E-state index contributed by atoms with van der Waals surface area (Å²) in [4.78, 5) is 18.5. The molecule has 2 aromatic rings. The first kappa shape index (κ1) is 16.6. The van der Waals surface area contributed by atoms with E-state index in [9.17, 15) is 9.18 Å². The molecule has 1 aromatic carbocycles. The number of amides is 1. The maximum Gasteiger partial charge on any atom is 0.223 e. The Bertz CT molecular complexity index is 699. The van der Waals surface area contributed by atoms with Crippen molar-refractivity contribution >= 4 is 5.91 Å². The predicted molar refractivity (Wildman–Crippen MR) is 88.6 cm³/mol. The molecule has 1 aliphatic rings. The zero-order valence-electron chi connectivity index (χ0n) is 13.7. The molecule has 1 fully saturated rings. The molecule has 0 spiro atoms. The molecule has 0 bridgehead atoms. The zero-order valence-corrected chi connectivity index (χ0v) is 13.7. The minimum absolute atomic E-state index is 0.107. The second-order valence-electron chi connectivity index (χ2n) is 6.35. The molecule has 5 nitrogen and oxygen atoms in total. The number of aryl methyl sites for hydroxylation is 1. The summed E-state index contributed by atoms with van der Waals surface area (Å²) in [6, 6.07) is 6.41. The Labute approximate surface area is 140 Å². The number of aromatic nitrogens is 1. The van der Waals surface area contributed by atoms with Crippen molar-refractivity contribution in [3.63, 3.8) is 0 Å². The zero-order chi connectivity index (χ0) is 17.1. The largest absolute Gasteiger partial charge is 0.441 e. The molecule has 1 aromatic heterocycles. The third kappa shape index (κ3) is 3.82. The molecular weight excluding hydrogens is 309 g/mol. The first-order valence-corrected chi connectivity index (χ1v) is 8.28. The van der Waals surface area contributed by atoms with Crippen LogP contribution >= 0.6 is 0 Å². The van der Waals surface area contributed by atoms with Crippen LogP contribution in [-0.2, 0) is 11.2 Å². The number of benzene rings is 1. The average Bonchev–Trinajstić information content (AvgIpc) is 3.02. The fraction of sp³-hybridized carbons (Fsp3) is 0.444. The summed E-state index contributed by atoms with van der Waals surface area (Å²) in [5.41, 5.74) is 6.70. The van der Waals surface area contributed by atoms with Crippen molar-refractivity contribution in [3.05, 3.63) is 42.2 Å². The summed E-state index contributed by atoms with van der Waals surface area (Å²) in [6.07, 6.45) is 4.12. The molecule has 0 radical (unpaired) electrons. The van der Waals surface area contributed by atoms with Crippen LogP contribution in [0.5, 0.6) is 0 Å². The van der Waals surface area contributed by atoms with E-state index >= 15 is 0 Å². The molecule has 1 amide bonds. The quantitative estimate of drug-likeness (QED) is 0.935. The molecule has 128 valence electrons. The Morgan fingerprint density at radius 3 is 2.88 bits per heavy atom. The van der Waals surface area contributed by atoms with Gasteiger partial charge >= 0.3 is 0 Å². The number of halogens is 1. The standard InChI is InChI=1S/C18H22FN3O2/c1-12-10-15(20)8-9-22(12)18(23)7-6-17-21-11-16(24-17)13-2-4-14(19)5-3-13/h2-5,11-12,15H,6-10,20H2,1H3/t12-,15-/m1/s1. The topological polar surface area (TPSA) is 72.4 Å². The third-order valence-electron chi connectivity index (χ3n) is 4.47. The third-order valence-corrected chi connectivity index (χ3v) is 4.47. The highest BCUT2D eigenvalue weighted by Crippen LogP contribution is 2.22. The van der Waals surface area contributed by atoms with Crippen molar-refractivity contribution in [2.24, 2.45) is 5.73 Å². The maximum absolute atomic E-state index is 13.0. The van der Waals surface area contributed by atoms with Crippen molar-refractivity contribution < 1.29 is 13.6 Å². The molecule has 0 saturated carbocycles. The number of nitrogens with zero attached hydrogens (tertiary/aromatic N) is 2. The van der Waals surface area contributed by atoms with Crippen molar-refractivity contribution in [1.29, 1.82) is 0 Å². The van der Waals surface area contributed by atoms with E-state index < -0.39 is 0 Å². The van der Waals surface area contributed by atoms with E-state index in [4.69, 9.17) is 10.2 Å². The minimum Gasteiger partial charge on any atom is -0.441 e. The SMILES string of the molecule is C[C@@H]1C[C@H](N)CCN1C(=O)CCc1ncc(-c2ccc(F)cc2)o1. The number of rotatable bonds is 4. The van der Waals surface area contributed by atoms with E-state index in [0.29, 0.717) is 31.0 Å². The number of carbonyl (C=O) groups is 1. The lowest BCUT2D eigenvalue weighted by Gasteiger charge is -2.36. The van der Waals surface area contributed by atoms with Gasteiger partial charge in [-0.25, -0.2) is 9.37 Å². The molecule has 2 N–H and O–H groups in total. The minimum atomic E-state index is -0.292. The first-order chi connectivity index (χ1) is 11.5. The summed E-state index contributed by atoms with van der Waals surface area (Å²) in [6.45, 7) is 2.75. The predicted octanol–water partition coefficient (Wildman–Crippen LogP) is 2.75. The fourth-order valence-corrected chi connectivity index (χ4v) is 3.11. The number of nitrogens with two attached hydrogens (primary N) is 1. The molecule has 3 rings (SSSR count). The highest BCUT2D eigenvalue weighted by atomic mass is 19.1. The molecule has 1 aliphatic heterocycles. The van der Waals surface area contributed by atoms with Gasteiger partial charge in [-0.15, -0.1) is 0 Å². The number of carbonyl (C=O) groups excluding carboxylic acids is 1. The van der Waals surface area contributed by atoms with E-state index in [1.54, 1.807) is 18.3 Å². The molecule has 2 heterocycles. The summed E-state index contributed by atoms with van der Waals surface area (Å²) >= 11 is 0. The average molecular weight is 331 g/mol. The van der Waals surface area contributed by atoms with Gasteiger partial charge in [0.1, 0.15) is 5.82 Å². The van der Waals surface area contributed by atoms with Crippen LogP contribution in [-0.4, -0.2) is 34.4 Å². The number of hydrogen-bond donors (Lipinski definition) is 1. The van der Waals surface area contributed by atoms with Crippen molar-refractivity contribution in [2.45, 2.75) is 44.7 Å². The van der Waals surface area contributed by atoms with Gasteiger partial charge < -0.3 is 15.1 Å². The highest BCUT2D eigenvalue weighted by molar-refractivity contribution is 5.76. The lowest BCUT2D eigenvalue weighted by atomic mass is 9.98. The van der Waals surface area contributed by atoms with Gasteiger partial charge in [-0.05, 0) is 44.0 Å². The Kier molecular flexibility index (Phi) is 4.94. The molecule has 1 saturated heterocycles. The van der Waals surface area contributed by atoms with Crippen molar-refractivity contribution in [3.8, 4) is 11.3 Å². The van der Waals surface area contributed by atoms with Gasteiger partial charge in [-0.2, -0.15) is 0 Å². The first-order valence-electron chi connectivity index (χ1n) is 8.28. The summed E-state index contributed by atoms with van der Waals surface area (Å²) < 4.78 is 18.6. The van der Waals surface area contributed by atoms with Gasteiger partial charge in [0.25, 0.3) is 0 Å². The van der Waals surface area contributed by atoms with Crippen molar-refractivity contribution in [1.82, 2.24) is 9.88 Å². The maximum atomic E-state index is 13.0. The highest BCUT2D eigenvalue weighted by Gasteiger charge is 2.26. The number of likely N-dealkylation sites (tertiary alicyclic amines) is 1. The number of piperidine rings is 1. The van der Waals surface area contributed by atoms with Gasteiger partial charge in [0.2, 0.25) is 5.91 Å². The van der Waals surface area contributed by atoms with Gasteiger partial charge in [0.05, 0.1) is 6.20 Å². The van der Waals surface area contributed by atoms with Crippen LogP contribution in [0.25, 0.3) is 11.3 Å². The number of oxazole rings is 1. The van der Waals surface area contributed by atoms with E-state index in [2.05, 4.69) is 4.98 Å². The van der Waals surface area contributed by atoms with E-state index in [-0.39, 0.29) is 23.8 Å². The van der Waals surface area contributed by atoms with Crippen LogP contribution in [0.1, 0.15) is 32.1 Å². The second kappa shape index (κ2) is 7.13. The van der Waals surface area contributed by atoms with E-state index in [0.717, 1.165) is 18.4 Å². The Morgan fingerprint density at radius 2 is 2.17 bits per heavy atom. The van der Waals surface area contributed by atoms with Crippen LogP contribution in [0.2, 0.25) is 0 Å². The molecule has 24 heavy (non-hydrogen) atoms. The molecule has 0 unspecified atom stereocenters. The molecule has 0 aliphatic carbocycles. The Morgan fingerprint density at radius 1 is 1.42 bits per heavy atom. The van der Waals surface area contributed by atoms with E-state index in [1.165, 1.54) is 12.1 Å². The monoisotopic (exact) mass is 331 g/mol. The summed E-state index contributed by atoms with van der Waals surface area (Å²) in [7, 11) is 0. The van der Waals surface area contributed by atoms with Gasteiger partial charge in [-0.1, -0.05) is 0 Å². The van der Waals surface area contributed by atoms with Crippen molar-refractivity contribution in [2.75, 3.05) is 6.54 Å². The lowest BCUT2D eigenvalue weighted by Crippen LogP contribution is -2.48. The lowest BCUT2D eigenvalue weighted by molar-refractivity contribution is -0.134. The van der Waals surface area contributed by atoms with Gasteiger partial charge in [-0.3, -0.25) is 4.79 Å². The summed E-state index contributed by atoms with van der Waals surface area (Å²) in [5, 5.41) is 0. The molecule has 2 atom stereocenters. The van der Waals surface area contributed by atoms with Gasteiger partial charge in [0, 0.05) is 37.0 Å². The van der Waals surface area contributed by atoms with Crippen LogP contribution in [0.3, 0.4) is 0 Å². The molecule has 6 heteroatoms. The van der Waals surface area contributed by atoms with Crippen LogP contribution < -0.4 is 5.73 Å². The van der Waals surface area contributed by atoms with Gasteiger partial charge in [0.15, 0.2) is 11.7 Å². The van der Waals surface area contributed by atoms with Crippen LogP contribution in [0, 0.1) is 5.82 Å². The summed E-state index contributed by atoms with van der Waals surface area (Å²) in [5.74, 6) is 0.911. The second-order valence-corrected chi connectivity index (χ2v) is 6.35. The Hall–Kier alpha value is -2.21.